The molecule has 3 rings (SSSR count). The van der Waals surface area contributed by atoms with Gasteiger partial charge in [0.05, 0.1) is 10.4 Å². The first-order chi connectivity index (χ1) is 10.1. The summed E-state index contributed by atoms with van der Waals surface area (Å²) in [5, 5.41) is 11.5. The van der Waals surface area contributed by atoms with Crippen LogP contribution in [0.4, 0.5) is 10.5 Å². The number of nitro benzene ring substituents is 1. The van der Waals surface area contributed by atoms with Gasteiger partial charge in [0.1, 0.15) is 5.75 Å². The number of hydrogen-bond donors (Lipinski definition) is 0. The molecule has 6 heteroatoms. The van der Waals surface area contributed by atoms with Crippen molar-refractivity contribution in [3.63, 3.8) is 0 Å². The summed E-state index contributed by atoms with van der Waals surface area (Å²) >= 11 is 0. The van der Waals surface area contributed by atoms with E-state index in [1.807, 2.05) is 30.3 Å². The fraction of sp³-hybridized carbons (Fsp3) is 0. The molecule has 3 aromatic rings. The fourth-order valence-electron chi connectivity index (χ4n) is 2.03. The molecule has 0 saturated carbocycles. The fourth-order valence-corrected chi connectivity index (χ4v) is 2.03. The summed E-state index contributed by atoms with van der Waals surface area (Å²) in [6, 6.07) is 14.6. The van der Waals surface area contributed by atoms with Crippen LogP contribution in [0.25, 0.3) is 10.9 Å². The number of aromatic nitrogens is 1. The van der Waals surface area contributed by atoms with Crippen LogP contribution in [-0.2, 0) is 0 Å². The normalized spacial score (nSPS) is 10.5. The van der Waals surface area contributed by atoms with Gasteiger partial charge in [-0.2, -0.15) is 0 Å². The molecule has 0 radical (unpaired) electrons. The quantitative estimate of drug-likeness (QED) is 0.531. The Morgan fingerprint density at radius 1 is 1.05 bits per heavy atom. The van der Waals surface area contributed by atoms with Gasteiger partial charge in [-0.3, -0.25) is 14.7 Å². The Kier molecular flexibility index (Phi) is 3.12. The van der Waals surface area contributed by atoms with E-state index in [-0.39, 0.29) is 11.4 Å². The molecule has 1 aromatic heterocycles. The molecule has 6 nitrogen and oxygen atoms in total. The van der Waals surface area contributed by atoms with Crippen LogP contribution in [-0.4, -0.2) is 15.6 Å². The lowest BCUT2D eigenvalue weighted by Gasteiger charge is -2.05. The molecule has 0 unspecified atom stereocenters. The second-order valence-corrected chi connectivity index (χ2v) is 4.36. The highest BCUT2D eigenvalue weighted by Gasteiger charge is 2.12. The minimum atomic E-state index is -0.565. The minimum Gasteiger partial charge on any atom is -0.410 e. The van der Waals surface area contributed by atoms with Crippen LogP contribution in [0.3, 0.4) is 0 Å². The third-order valence-electron chi connectivity index (χ3n) is 3.05. The van der Waals surface area contributed by atoms with Gasteiger partial charge in [-0.25, -0.2) is 4.79 Å². The Morgan fingerprint density at radius 2 is 1.76 bits per heavy atom. The van der Waals surface area contributed by atoms with Crippen LogP contribution in [0, 0.1) is 10.1 Å². The van der Waals surface area contributed by atoms with E-state index in [0.717, 1.165) is 10.9 Å². The number of nitro groups is 1. The Labute approximate surface area is 119 Å². The first-order valence-electron chi connectivity index (χ1n) is 6.18. The van der Waals surface area contributed by atoms with E-state index in [4.69, 9.17) is 4.74 Å². The summed E-state index contributed by atoms with van der Waals surface area (Å²) in [6.07, 6.45) is 1.06. The number of carbonyl (C=O) groups is 1. The number of hydrogen-bond acceptors (Lipinski definition) is 4. The van der Waals surface area contributed by atoms with Crippen molar-refractivity contribution < 1.29 is 14.5 Å². The zero-order valence-corrected chi connectivity index (χ0v) is 10.8. The van der Waals surface area contributed by atoms with Gasteiger partial charge < -0.3 is 4.74 Å². The molecule has 0 fully saturated rings. The monoisotopic (exact) mass is 282 g/mol. The molecule has 0 N–H and O–H groups in total. The van der Waals surface area contributed by atoms with Crippen molar-refractivity contribution in [2.45, 2.75) is 0 Å². The van der Waals surface area contributed by atoms with Crippen LogP contribution < -0.4 is 4.74 Å². The first-order valence-corrected chi connectivity index (χ1v) is 6.18. The summed E-state index contributed by atoms with van der Waals surface area (Å²) in [7, 11) is 0. The van der Waals surface area contributed by atoms with Crippen LogP contribution in [0.5, 0.6) is 5.75 Å². The molecule has 0 aliphatic heterocycles. The van der Waals surface area contributed by atoms with E-state index in [0.29, 0.717) is 0 Å². The lowest BCUT2D eigenvalue weighted by molar-refractivity contribution is -0.384. The number of benzene rings is 2. The number of non-ortho nitro benzene ring substituents is 1. The zero-order valence-electron chi connectivity index (χ0n) is 10.8. The summed E-state index contributed by atoms with van der Waals surface area (Å²) in [5.74, 6) is 0.253. The van der Waals surface area contributed by atoms with Gasteiger partial charge in [0.15, 0.2) is 0 Å². The van der Waals surface area contributed by atoms with Gasteiger partial charge in [-0.1, -0.05) is 18.2 Å². The second kappa shape index (κ2) is 5.09. The molecule has 0 saturated heterocycles. The smallest absolute Gasteiger partial charge is 0.410 e. The molecule has 21 heavy (non-hydrogen) atoms. The molecule has 104 valence electrons. The van der Waals surface area contributed by atoms with Crippen molar-refractivity contribution in [3.8, 4) is 5.75 Å². The number of rotatable bonds is 2. The Hall–Kier alpha value is -3.15. The maximum atomic E-state index is 12.1. The van der Waals surface area contributed by atoms with Crippen molar-refractivity contribution in [1.29, 1.82) is 0 Å². The molecule has 1 heterocycles. The molecule has 0 spiro atoms. The van der Waals surface area contributed by atoms with Crippen molar-refractivity contribution in [1.82, 2.24) is 4.57 Å². The van der Waals surface area contributed by atoms with E-state index in [9.17, 15) is 14.9 Å². The Bertz CT molecular complexity index is 821. The number of carbonyl (C=O) groups excluding carboxylic acids is 1. The first kappa shape index (κ1) is 12.9. The van der Waals surface area contributed by atoms with Crippen LogP contribution >= 0.6 is 0 Å². The number of nitrogens with zero attached hydrogens (tertiary/aromatic N) is 2. The predicted octanol–water partition coefficient (Wildman–Crippen LogP) is 3.60. The molecular weight excluding hydrogens is 272 g/mol. The van der Waals surface area contributed by atoms with E-state index in [1.54, 1.807) is 6.20 Å². The summed E-state index contributed by atoms with van der Waals surface area (Å²) in [5.41, 5.74) is 0.686. The standard InChI is InChI=1S/C15H10N2O4/c18-15(16-10-9-11-3-1-2-4-14(11)16)21-13-7-5-12(6-8-13)17(19)20/h1-10H. The SMILES string of the molecule is O=C(Oc1ccc([N+](=O)[O-])cc1)n1ccc2ccccc21. The highest BCUT2D eigenvalue weighted by atomic mass is 16.6. The number of fused-ring (bicyclic) bond motifs is 1. The van der Waals surface area contributed by atoms with Crippen molar-refractivity contribution >= 4 is 22.7 Å². The number of para-hydroxylation sites is 1. The average molecular weight is 282 g/mol. The minimum absolute atomic E-state index is 0.0544. The maximum Gasteiger partial charge on any atom is 0.423 e. The van der Waals surface area contributed by atoms with Gasteiger partial charge in [0.2, 0.25) is 0 Å². The molecular formula is C15H10N2O4. The van der Waals surface area contributed by atoms with E-state index in [1.165, 1.54) is 28.8 Å². The van der Waals surface area contributed by atoms with Gasteiger partial charge >= 0.3 is 6.09 Å². The average Bonchev–Trinajstić information content (AvgIpc) is 2.92. The summed E-state index contributed by atoms with van der Waals surface area (Å²) in [4.78, 5) is 22.2. The maximum absolute atomic E-state index is 12.1. The Balaban J connectivity index is 1.84. The van der Waals surface area contributed by atoms with Crippen LogP contribution in [0.2, 0.25) is 0 Å². The molecule has 2 aromatic carbocycles. The van der Waals surface area contributed by atoms with Crippen molar-refractivity contribution in [3.05, 3.63) is 70.9 Å². The Morgan fingerprint density at radius 3 is 2.48 bits per heavy atom. The van der Waals surface area contributed by atoms with Crippen LogP contribution in [0.15, 0.2) is 60.8 Å². The van der Waals surface area contributed by atoms with E-state index in [2.05, 4.69) is 0 Å². The number of ether oxygens (including phenoxy) is 1. The van der Waals surface area contributed by atoms with Crippen molar-refractivity contribution in [2.75, 3.05) is 0 Å². The van der Waals surface area contributed by atoms with E-state index < -0.39 is 11.0 Å². The lowest BCUT2D eigenvalue weighted by Crippen LogP contribution is -2.15. The highest BCUT2D eigenvalue weighted by Crippen LogP contribution is 2.19. The van der Waals surface area contributed by atoms with Gasteiger partial charge in [0.25, 0.3) is 5.69 Å². The highest BCUT2D eigenvalue weighted by molar-refractivity contribution is 5.90. The lowest BCUT2D eigenvalue weighted by atomic mass is 10.2. The summed E-state index contributed by atoms with van der Waals surface area (Å²) < 4.78 is 6.59. The van der Waals surface area contributed by atoms with Gasteiger partial charge in [0, 0.05) is 23.7 Å². The largest absolute Gasteiger partial charge is 0.423 e. The zero-order chi connectivity index (χ0) is 14.8. The second-order valence-electron chi connectivity index (χ2n) is 4.36. The molecule has 0 aliphatic carbocycles. The topological polar surface area (TPSA) is 74.4 Å². The summed E-state index contributed by atoms with van der Waals surface area (Å²) in [6.45, 7) is 0. The predicted molar refractivity (Wildman–Crippen MR) is 76.5 cm³/mol. The molecule has 0 bridgehead atoms. The van der Waals surface area contributed by atoms with E-state index >= 15 is 0 Å². The van der Waals surface area contributed by atoms with Gasteiger partial charge in [-0.05, 0) is 24.3 Å². The third kappa shape index (κ3) is 2.46. The molecule has 0 atom stereocenters. The molecule has 0 aliphatic rings. The van der Waals surface area contributed by atoms with Gasteiger partial charge in [-0.15, -0.1) is 0 Å². The van der Waals surface area contributed by atoms with Crippen LogP contribution in [0.1, 0.15) is 0 Å². The van der Waals surface area contributed by atoms with Crippen molar-refractivity contribution in [2.24, 2.45) is 0 Å². The molecule has 0 amide bonds. The third-order valence-corrected chi connectivity index (χ3v) is 3.05.